The molecule has 82 heavy (non-hydrogen) atoms. The lowest BCUT2D eigenvalue weighted by atomic mass is 9.39. The standard InChI is InChI=1S/2C29H39N.C13H17N3O6/c2*1-23(2)14-8-5-13-19-27(25-15-9-6-10-16-25)20-28(21-29(22-30)24(3)4)26-17-11-7-12-18-26;1-21-4-12-6(3-7(17)14-9(12)18)13(5-22-2)8(12)15-11(20)16-10(13)19/h2*5-12,15-18,23-24,27-29H,13-14,19-21H2,1-4H3;6,8H,3-5H2,1-2H3,(H,14,17,18)(H2,15,16,19,20)/b2*8-5+;. The molecule has 1 saturated carbocycles. The van der Waals surface area contributed by atoms with E-state index < -0.39 is 46.5 Å². The Morgan fingerprint density at radius 3 is 1.20 bits per heavy atom. The van der Waals surface area contributed by atoms with Crippen LogP contribution in [0.25, 0.3) is 0 Å². The van der Waals surface area contributed by atoms with Crippen molar-refractivity contribution in [2.75, 3.05) is 27.4 Å². The highest BCUT2D eigenvalue weighted by molar-refractivity contribution is 6.09. The van der Waals surface area contributed by atoms with E-state index in [1.165, 1.54) is 36.5 Å². The van der Waals surface area contributed by atoms with Crippen LogP contribution in [0.4, 0.5) is 4.79 Å². The average molecular weight is 1110 g/mol. The lowest BCUT2D eigenvalue weighted by Crippen LogP contribution is -2.88. The minimum atomic E-state index is -1.14. The Morgan fingerprint density at radius 1 is 0.512 bits per heavy atom. The van der Waals surface area contributed by atoms with Crippen LogP contribution in [0, 0.1) is 74.9 Å². The monoisotopic (exact) mass is 1110 g/mol. The Labute approximate surface area is 492 Å². The number of urea groups is 1. The van der Waals surface area contributed by atoms with Gasteiger partial charge >= 0.3 is 6.03 Å². The predicted octanol–water partition coefficient (Wildman–Crippen LogP) is 15.2. The zero-order valence-electron chi connectivity index (χ0n) is 50.8. The molecule has 3 aliphatic rings. The fourth-order valence-corrected chi connectivity index (χ4v) is 12.6. The number of nitrogens with zero attached hydrogens (tertiary/aromatic N) is 2. The van der Waals surface area contributed by atoms with Gasteiger partial charge in [0.15, 0.2) is 0 Å². The Kier molecular flexibility index (Phi) is 27.0. The summed E-state index contributed by atoms with van der Waals surface area (Å²) in [4.78, 5) is 48.4. The van der Waals surface area contributed by atoms with Crippen molar-refractivity contribution >= 4 is 23.8 Å². The molecule has 3 N–H and O–H groups in total. The van der Waals surface area contributed by atoms with Crippen LogP contribution in [0.1, 0.15) is 172 Å². The Hall–Kier alpha value is -6.66. The highest BCUT2D eigenvalue weighted by Gasteiger charge is 2.80. The zero-order valence-corrected chi connectivity index (χ0v) is 50.8. The van der Waals surface area contributed by atoms with Gasteiger partial charge in [-0.05, 0) is 134 Å². The fraction of sp³-hybridized carbons (Fsp3) is 0.521. The molecule has 11 nitrogen and oxygen atoms in total. The lowest BCUT2D eigenvalue weighted by molar-refractivity contribution is -0.221. The molecule has 2 aliphatic heterocycles. The third kappa shape index (κ3) is 18.2. The van der Waals surface area contributed by atoms with Crippen LogP contribution in [0.15, 0.2) is 146 Å². The van der Waals surface area contributed by atoms with Gasteiger partial charge in [-0.2, -0.15) is 10.5 Å². The number of ether oxygens (including phenoxy) is 2. The number of benzene rings is 4. The maximum Gasteiger partial charge on any atom is 0.321 e. The number of allylic oxidation sites excluding steroid dienone is 4. The van der Waals surface area contributed by atoms with Crippen molar-refractivity contribution in [3.05, 3.63) is 168 Å². The van der Waals surface area contributed by atoms with Crippen LogP contribution in [-0.4, -0.2) is 57.2 Å². The second-order valence-corrected chi connectivity index (χ2v) is 24.6. The van der Waals surface area contributed by atoms with Gasteiger partial charge in [-0.3, -0.25) is 25.0 Å². The summed E-state index contributed by atoms with van der Waals surface area (Å²) in [6.07, 6.45) is 20.3. The van der Waals surface area contributed by atoms with Gasteiger partial charge in [-0.1, -0.05) is 201 Å². The molecule has 440 valence electrons. The van der Waals surface area contributed by atoms with Gasteiger partial charge in [0, 0.05) is 38.4 Å². The summed E-state index contributed by atoms with van der Waals surface area (Å²) in [7, 11) is 2.85. The van der Waals surface area contributed by atoms with Crippen molar-refractivity contribution in [1.29, 1.82) is 10.5 Å². The fourth-order valence-electron chi connectivity index (χ4n) is 12.6. The summed E-state index contributed by atoms with van der Waals surface area (Å²) in [6, 6.07) is 47.3. The third-order valence-corrected chi connectivity index (χ3v) is 17.2. The number of rotatable bonds is 28. The van der Waals surface area contributed by atoms with E-state index in [9.17, 15) is 29.7 Å². The Morgan fingerprint density at radius 2 is 0.866 bits per heavy atom. The van der Waals surface area contributed by atoms with Crippen molar-refractivity contribution in [1.82, 2.24) is 16.0 Å². The summed E-state index contributed by atoms with van der Waals surface area (Å²) in [5.41, 5.74) is 3.30. The first-order valence-electron chi connectivity index (χ1n) is 30.2. The van der Waals surface area contributed by atoms with Crippen molar-refractivity contribution in [3.63, 3.8) is 0 Å². The van der Waals surface area contributed by atoms with Gasteiger partial charge in [0.25, 0.3) is 0 Å². The number of fused-ring (bicyclic) bond motifs is 4. The van der Waals surface area contributed by atoms with E-state index in [2.05, 4.69) is 229 Å². The second-order valence-electron chi connectivity index (χ2n) is 24.6. The molecule has 11 heteroatoms. The van der Waals surface area contributed by atoms with Gasteiger partial charge in [0.1, 0.15) is 0 Å². The SMILES string of the molecule is CC(C)C/C=C/CCC(CC(CC(C#N)C(C)C)c1ccccc1)c1ccccc1.CC(C)C/C=C/CCC(CC(CC(C#N)C(C)C)c1ccccc1)c1ccccc1.COCC12C(=O)NC(=O)CC1C1(COC)C(=O)NC(=O)NC21. The summed E-state index contributed by atoms with van der Waals surface area (Å²) in [6.45, 7) is 17.7. The first kappa shape index (κ1) is 66.1. The number of hydrogen-bond donors (Lipinski definition) is 3. The minimum Gasteiger partial charge on any atom is -0.383 e. The van der Waals surface area contributed by atoms with Gasteiger partial charge < -0.3 is 14.8 Å². The molecule has 2 saturated heterocycles. The molecule has 0 radical (unpaired) electrons. The van der Waals surface area contributed by atoms with Crippen LogP contribution >= 0.6 is 0 Å². The molecule has 10 atom stereocenters. The molecule has 5 amide bonds. The highest BCUT2D eigenvalue weighted by atomic mass is 16.5. The van der Waals surface area contributed by atoms with Gasteiger partial charge in [0.05, 0.1) is 42.2 Å². The van der Waals surface area contributed by atoms with Crippen LogP contribution in [0.3, 0.4) is 0 Å². The van der Waals surface area contributed by atoms with Crippen molar-refractivity contribution in [2.45, 2.75) is 156 Å². The molecule has 1 aliphatic carbocycles. The summed E-state index contributed by atoms with van der Waals surface area (Å²) in [5, 5.41) is 26.6. The van der Waals surface area contributed by atoms with Crippen LogP contribution in [0.2, 0.25) is 0 Å². The normalized spacial score (nSPS) is 21.5. The molecule has 0 spiro atoms. The number of carbonyl (C=O) groups excluding carboxylic acids is 4. The Bertz CT molecular complexity index is 2520. The van der Waals surface area contributed by atoms with Crippen molar-refractivity contribution in [3.8, 4) is 12.1 Å². The first-order valence-corrected chi connectivity index (χ1v) is 30.2. The molecule has 0 aromatic heterocycles. The van der Waals surface area contributed by atoms with E-state index in [-0.39, 0.29) is 31.5 Å². The molecule has 7 rings (SSSR count). The second kappa shape index (κ2) is 33.4. The van der Waals surface area contributed by atoms with Crippen LogP contribution < -0.4 is 16.0 Å². The molecule has 2 heterocycles. The number of carbonyl (C=O) groups is 4. The summed E-state index contributed by atoms with van der Waals surface area (Å²) < 4.78 is 10.3. The number of nitrogens with one attached hydrogen (secondary N) is 3. The molecule has 4 aromatic rings. The van der Waals surface area contributed by atoms with Crippen molar-refractivity contribution in [2.24, 2.45) is 52.3 Å². The van der Waals surface area contributed by atoms with E-state index in [4.69, 9.17) is 9.47 Å². The molecule has 0 bridgehead atoms. The number of imide groups is 2. The maximum absolute atomic E-state index is 12.5. The molecule has 10 unspecified atom stereocenters. The third-order valence-electron chi connectivity index (χ3n) is 17.2. The smallest absolute Gasteiger partial charge is 0.321 e. The van der Waals surface area contributed by atoms with E-state index in [1.54, 1.807) is 0 Å². The van der Waals surface area contributed by atoms with E-state index in [0.29, 0.717) is 47.3 Å². The van der Waals surface area contributed by atoms with E-state index in [1.807, 2.05) is 0 Å². The molecule has 3 fully saturated rings. The zero-order chi connectivity index (χ0) is 59.7. The minimum absolute atomic E-state index is 0.000467. The highest BCUT2D eigenvalue weighted by Crippen LogP contribution is 2.63. The largest absolute Gasteiger partial charge is 0.383 e. The Balaban J connectivity index is 0.000000228. The molecule has 4 aromatic carbocycles. The van der Waals surface area contributed by atoms with Gasteiger partial charge in [-0.25, -0.2) is 4.79 Å². The molecular formula is C71H95N5O6. The number of methoxy groups -OCH3 is 2. The van der Waals surface area contributed by atoms with Gasteiger partial charge in [-0.15, -0.1) is 0 Å². The summed E-state index contributed by atoms with van der Waals surface area (Å²) in [5.74, 6) is 2.13. The van der Waals surface area contributed by atoms with Gasteiger partial charge in [0.2, 0.25) is 17.7 Å². The first-order chi connectivity index (χ1) is 39.4. The lowest BCUT2D eigenvalue weighted by Gasteiger charge is -2.67. The van der Waals surface area contributed by atoms with Crippen LogP contribution in [0.5, 0.6) is 0 Å². The topological polar surface area (TPSA) is 170 Å². The number of piperidine rings is 1. The van der Waals surface area contributed by atoms with E-state index in [0.717, 1.165) is 64.2 Å². The summed E-state index contributed by atoms with van der Waals surface area (Å²) >= 11 is 0. The van der Waals surface area contributed by atoms with E-state index >= 15 is 0 Å². The molecular weight excluding hydrogens is 1020 g/mol. The average Bonchev–Trinajstić information content (AvgIpc) is 1.30. The number of nitriles is 2. The quantitative estimate of drug-likeness (QED) is 0.0373. The maximum atomic E-state index is 12.5. The number of amides is 5. The van der Waals surface area contributed by atoms with Crippen molar-refractivity contribution < 1.29 is 28.7 Å². The number of hydrogen-bond acceptors (Lipinski definition) is 8. The predicted molar refractivity (Wildman–Crippen MR) is 329 cm³/mol. The van der Waals surface area contributed by atoms with Crippen LogP contribution in [-0.2, 0) is 23.9 Å².